The first-order chi connectivity index (χ1) is 17.0. The highest BCUT2D eigenvalue weighted by Gasteiger charge is 2.36. The van der Waals surface area contributed by atoms with Crippen LogP contribution in [0, 0.1) is 0 Å². The average Bonchev–Trinajstić information content (AvgIpc) is 2.79. The topological polar surface area (TPSA) is 97.1 Å². The molecule has 2 N–H and O–H groups in total. The highest BCUT2D eigenvalue weighted by Crippen LogP contribution is 2.28. The van der Waals surface area contributed by atoms with Crippen molar-refractivity contribution in [2.45, 2.75) is 94.8 Å². The highest BCUT2D eigenvalue weighted by atomic mass is 35.5. The van der Waals surface area contributed by atoms with Gasteiger partial charge in [0.15, 0.2) is 0 Å². The first-order valence-corrected chi connectivity index (χ1v) is 14.2. The number of rotatable bonds is 12. The number of hydrogen-bond donors (Lipinski definition) is 0. The van der Waals surface area contributed by atoms with Crippen molar-refractivity contribution < 1.29 is 24.5 Å². The van der Waals surface area contributed by atoms with Crippen molar-refractivity contribution in [1.82, 2.24) is 19.6 Å². The van der Waals surface area contributed by atoms with Gasteiger partial charge in [0, 0.05) is 76.3 Å². The number of esters is 2. The summed E-state index contributed by atoms with van der Waals surface area (Å²) < 4.78 is 11.0. The van der Waals surface area contributed by atoms with Crippen molar-refractivity contribution in [3.63, 3.8) is 0 Å². The second-order valence-electron chi connectivity index (χ2n) is 11.4. The van der Waals surface area contributed by atoms with Gasteiger partial charge >= 0.3 is 11.9 Å². The third kappa shape index (κ3) is 9.62. The predicted octanol–water partition coefficient (Wildman–Crippen LogP) is 1.96. The van der Waals surface area contributed by atoms with E-state index in [4.69, 9.17) is 9.47 Å². The summed E-state index contributed by atoms with van der Waals surface area (Å²) in [5.74, 6) is -0.214. The molecule has 0 spiro atoms. The molecule has 10 heteroatoms. The van der Waals surface area contributed by atoms with Crippen LogP contribution < -0.4 is 0 Å². The van der Waals surface area contributed by atoms with Crippen LogP contribution >= 0.6 is 12.4 Å². The maximum atomic E-state index is 12.1. The summed E-state index contributed by atoms with van der Waals surface area (Å²) in [4.78, 5) is 34.3. The second-order valence-corrected chi connectivity index (χ2v) is 11.4. The van der Waals surface area contributed by atoms with E-state index in [2.05, 4.69) is 33.7 Å². The molecule has 0 aliphatic carbocycles. The van der Waals surface area contributed by atoms with Crippen molar-refractivity contribution in [3.05, 3.63) is 0 Å². The van der Waals surface area contributed by atoms with E-state index in [9.17, 15) is 9.59 Å². The van der Waals surface area contributed by atoms with E-state index in [-0.39, 0.29) is 29.8 Å². The lowest BCUT2D eigenvalue weighted by Gasteiger charge is -2.49. The summed E-state index contributed by atoms with van der Waals surface area (Å²) in [5.41, 5.74) is 0. The number of piperidine rings is 2. The molecule has 4 heterocycles. The minimum Gasteiger partial charge on any atom is -0.464 e. The number of piperazine rings is 2. The molecule has 4 unspecified atom stereocenters. The molecule has 4 rings (SSSR count). The number of halogens is 1. The normalized spacial score (nSPS) is 28.6. The van der Waals surface area contributed by atoms with E-state index in [0.29, 0.717) is 50.2 Å². The summed E-state index contributed by atoms with van der Waals surface area (Å²) in [5, 5.41) is 0. The number of ether oxygens (including phenoxy) is 2. The molecule has 0 amide bonds. The van der Waals surface area contributed by atoms with Gasteiger partial charge in [-0.2, -0.15) is 0 Å². The Bertz CT molecular complexity index is 618. The van der Waals surface area contributed by atoms with Crippen LogP contribution in [-0.2, 0) is 19.1 Å². The van der Waals surface area contributed by atoms with E-state index in [1.165, 1.54) is 38.5 Å². The van der Waals surface area contributed by atoms with Crippen LogP contribution in [0.4, 0.5) is 0 Å². The molecule has 216 valence electrons. The molecule has 37 heavy (non-hydrogen) atoms. The van der Waals surface area contributed by atoms with Gasteiger partial charge in [-0.3, -0.25) is 19.4 Å². The van der Waals surface area contributed by atoms with E-state index < -0.39 is 0 Å². The number of carbonyl (C=O) groups excluding carboxylic acids is 2. The van der Waals surface area contributed by atoms with Crippen molar-refractivity contribution in [3.8, 4) is 0 Å². The van der Waals surface area contributed by atoms with Crippen molar-refractivity contribution in [2.24, 2.45) is 0 Å². The van der Waals surface area contributed by atoms with Gasteiger partial charge in [-0.15, -0.1) is 12.4 Å². The zero-order valence-corrected chi connectivity index (χ0v) is 23.9. The second kappa shape index (κ2) is 16.2. The third-order valence-electron chi connectivity index (χ3n) is 8.60. The minimum absolute atomic E-state index is 0. The number of carbonyl (C=O) groups is 2. The summed E-state index contributed by atoms with van der Waals surface area (Å²) >= 11 is 0. The Morgan fingerprint density at radius 1 is 0.649 bits per heavy atom. The fourth-order valence-corrected chi connectivity index (χ4v) is 6.93. The van der Waals surface area contributed by atoms with Crippen LogP contribution in [0.2, 0.25) is 0 Å². The summed E-state index contributed by atoms with van der Waals surface area (Å²) in [6.07, 6.45) is 11.0. The predicted molar refractivity (Wildman–Crippen MR) is 147 cm³/mol. The zero-order valence-electron chi connectivity index (χ0n) is 23.1. The molecule has 4 fully saturated rings. The molecule has 0 aromatic heterocycles. The molecule has 0 aromatic carbocycles. The number of nitrogens with zero attached hydrogens (tertiary/aromatic N) is 4. The van der Waals surface area contributed by atoms with Crippen molar-refractivity contribution in [2.75, 3.05) is 66.6 Å². The summed E-state index contributed by atoms with van der Waals surface area (Å²) in [7, 11) is 4.42. The highest BCUT2D eigenvalue weighted by molar-refractivity contribution is 5.85. The number of likely N-dealkylation sites (tertiary alicyclic amines) is 2. The van der Waals surface area contributed by atoms with Crippen LogP contribution in [0.1, 0.15) is 70.6 Å². The summed E-state index contributed by atoms with van der Waals surface area (Å²) in [6, 6.07) is 2.47. The number of unbranched alkanes of at least 4 members (excludes halogenated alkanes) is 2. The zero-order chi connectivity index (χ0) is 24.6. The molecule has 0 saturated carbocycles. The number of hydrogen-bond acceptors (Lipinski definition) is 8. The molecule has 0 aromatic rings. The van der Waals surface area contributed by atoms with Crippen molar-refractivity contribution >= 4 is 24.3 Å². The van der Waals surface area contributed by atoms with Gasteiger partial charge in [0.05, 0.1) is 0 Å². The van der Waals surface area contributed by atoms with Gasteiger partial charge in [-0.05, 0) is 52.6 Å². The van der Waals surface area contributed by atoms with Crippen LogP contribution in [0.3, 0.4) is 0 Å². The molecular formula is C27H51ClN4O5. The van der Waals surface area contributed by atoms with Crippen LogP contribution in [0.15, 0.2) is 0 Å². The monoisotopic (exact) mass is 546 g/mol. The average molecular weight is 547 g/mol. The van der Waals surface area contributed by atoms with Gasteiger partial charge < -0.3 is 24.7 Å². The summed E-state index contributed by atoms with van der Waals surface area (Å²) in [6.45, 7) is 7.22. The maximum Gasteiger partial charge on any atom is 0.305 e. The maximum absolute atomic E-state index is 12.1. The van der Waals surface area contributed by atoms with Gasteiger partial charge in [-0.25, -0.2) is 0 Å². The fourth-order valence-electron chi connectivity index (χ4n) is 6.93. The van der Waals surface area contributed by atoms with Gasteiger partial charge in [0.1, 0.15) is 13.2 Å². The minimum atomic E-state index is -0.107. The largest absolute Gasteiger partial charge is 0.464 e. The van der Waals surface area contributed by atoms with Gasteiger partial charge in [0.25, 0.3) is 0 Å². The fraction of sp³-hybridized carbons (Fsp3) is 0.926. The van der Waals surface area contributed by atoms with E-state index in [1.807, 2.05) is 0 Å². The standard InChI is InChI=1S/C27H48N4O4.ClH.H2O/c1-28-18-22-8-6-9-23(19-28)30(22)14-16-34-26(32)12-4-3-5-13-27(33)35-17-15-31-24-10-7-11-25(31)21-29(2)20-24;;/h22-25H,3-21H2,1-2H3;1H;1H2. The van der Waals surface area contributed by atoms with Crippen LogP contribution in [0.5, 0.6) is 0 Å². The lowest BCUT2D eigenvalue weighted by atomic mass is 9.91. The SMILES string of the molecule is CN1CC2CCCC(C1)N2CCOC(=O)CCCCCC(=O)OCCN1C2CCCC1CN(C)C2.Cl.O. The number of likely N-dealkylation sites (N-methyl/N-ethyl adjacent to an activating group) is 2. The Morgan fingerprint density at radius 2 is 1.00 bits per heavy atom. The molecular weight excluding hydrogens is 496 g/mol. The Hall–Kier alpha value is -0.970. The smallest absolute Gasteiger partial charge is 0.305 e. The first kappa shape index (κ1) is 32.2. The van der Waals surface area contributed by atoms with E-state index in [0.717, 1.165) is 58.5 Å². The van der Waals surface area contributed by atoms with Gasteiger partial charge in [0.2, 0.25) is 0 Å². The van der Waals surface area contributed by atoms with Crippen molar-refractivity contribution in [1.29, 1.82) is 0 Å². The van der Waals surface area contributed by atoms with Crippen LogP contribution in [-0.4, -0.2) is 128 Å². The Morgan fingerprint density at radius 3 is 1.35 bits per heavy atom. The Balaban J connectivity index is 0.00000241. The van der Waals surface area contributed by atoms with Gasteiger partial charge in [-0.1, -0.05) is 19.3 Å². The lowest BCUT2D eigenvalue weighted by molar-refractivity contribution is -0.145. The molecule has 4 aliphatic heterocycles. The molecule has 4 saturated heterocycles. The molecule has 9 nitrogen and oxygen atoms in total. The molecule has 0 radical (unpaired) electrons. The molecule has 4 aliphatic rings. The Kier molecular flexibility index (Phi) is 14.1. The van der Waals surface area contributed by atoms with E-state index in [1.54, 1.807) is 0 Å². The molecule has 4 bridgehead atoms. The Labute approximate surface area is 229 Å². The number of fused-ring (bicyclic) bond motifs is 4. The van der Waals surface area contributed by atoms with Crippen LogP contribution in [0.25, 0.3) is 0 Å². The lowest BCUT2D eigenvalue weighted by Crippen LogP contribution is -2.60. The third-order valence-corrected chi connectivity index (χ3v) is 8.60. The quantitative estimate of drug-likeness (QED) is 0.271. The molecule has 4 atom stereocenters. The first-order valence-electron chi connectivity index (χ1n) is 14.2. The van der Waals surface area contributed by atoms with E-state index >= 15 is 0 Å².